The zero-order valence-electron chi connectivity index (χ0n) is 13.6. The average Bonchev–Trinajstić information content (AvgIpc) is 2.55. The fraction of sp³-hybridized carbons (Fsp3) is 0.444. The summed E-state index contributed by atoms with van der Waals surface area (Å²) in [5.74, 6) is 0.858. The topological polar surface area (TPSA) is 62.4 Å². The number of likely N-dealkylation sites (tertiary alicyclic amines) is 1. The van der Waals surface area contributed by atoms with Crippen molar-refractivity contribution in [3.63, 3.8) is 0 Å². The zero-order chi connectivity index (χ0) is 16.4. The molecule has 5 heteroatoms. The van der Waals surface area contributed by atoms with E-state index in [4.69, 9.17) is 4.74 Å². The van der Waals surface area contributed by atoms with Gasteiger partial charge < -0.3 is 14.6 Å². The lowest BCUT2D eigenvalue weighted by molar-refractivity contribution is -0.134. The molecule has 0 bridgehead atoms. The van der Waals surface area contributed by atoms with Gasteiger partial charge in [0.25, 0.3) is 5.91 Å². The van der Waals surface area contributed by atoms with Crippen LogP contribution in [0.4, 0.5) is 0 Å². The van der Waals surface area contributed by atoms with E-state index in [1.807, 2.05) is 23.1 Å². The molecule has 1 amide bonds. The molecule has 2 heterocycles. The number of H-pyrrole nitrogens is 1. The van der Waals surface area contributed by atoms with Gasteiger partial charge in [0, 0.05) is 24.0 Å². The van der Waals surface area contributed by atoms with Gasteiger partial charge in [0.15, 0.2) is 12.4 Å². The van der Waals surface area contributed by atoms with Gasteiger partial charge in [-0.3, -0.25) is 9.59 Å². The summed E-state index contributed by atoms with van der Waals surface area (Å²) in [6.45, 7) is 5.45. The van der Waals surface area contributed by atoms with E-state index in [1.165, 1.54) is 0 Å². The van der Waals surface area contributed by atoms with Gasteiger partial charge in [0.2, 0.25) is 5.43 Å². The Kier molecular flexibility index (Phi) is 4.37. The number of benzene rings is 1. The van der Waals surface area contributed by atoms with Crippen molar-refractivity contribution >= 4 is 16.8 Å². The van der Waals surface area contributed by atoms with E-state index in [-0.39, 0.29) is 23.7 Å². The van der Waals surface area contributed by atoms with E-state index in [1.54, 1.807) is 13.0 Å². The Hall–Kier alpha value is -2.30. The normalized spacial score (nSPS) is 15.8. The lowest BCUT2D eigenvalue weighted by atomic mass is 9.99. The Morgan fingerprint density at radius 1 is 1.30 bits per heavy atom. The number of amides is 1. The Morgan fingerprint density at radius 3 is 2.74 bits per heavy atom. The van der Waals surface area contributed by atoms with Crippen molar-refractivity contribution in [3.05, 3.63) is 40.2 Å². The Balaban J connectivity index is 1.74. The third kappa shape index (κ3) is 3.23. The van der Waals surface area contributed by atoms with Crippen LogP contribution in [0.1, 0.15) is 25.5 Å². The fourth-order valence-electron chi connectivity index (χ4n) is 3.00. The quantitative estimate of drug-likeness (QED) is 0.946. The van der Waals surface area contributed by atoms with Crippen LogP contribution < -0.4 is 10.2 Å². The number of aromatic amines is 1. The standard InChI is InChI=1S/C18H22N2O3/c1-12-7-9-20(10-8-12)16(21)11-23-18-13(2)19-15-6-4-3-5-14(15)17(18)22/h3-6,12H,7-11H2,1-2H3,(H,19,22). The number of aryl methyl sites for hydroxylation is 1. The predicted molar refractivity (Wildman–Crippen MR) is 89.8 cm³/mol. The smallest absolute Gasteiger partial charge is 0.260 e. The lowest BCUT2D eigenvalue weighted by Crippen LogP contribution is -2.40. The number of carbonyl (C=O) groups is 1. The molecule has 1 fully saturated rings. The third-order valence-electron chi connectivity index (χ3n) is 4.52. The molecule has 1 aromatic carbocycles. The highest BCUT2D eigenvalue weighted by Gasteiger charge is 2.21. The number of hydrogen-bond donors (Lipinski definition) is 1. The highest BCUT2D eigenvalue weighted by atomic mass is 16.5. The maximum absolute atomic E-state index is 12.5. The number of fused-ring (bicyclic) bond motifs is 1. The molecule has 1 aliphatic rings. The van der Waals surface area contributed by atoms with Crippen LogP contribution in [-0.4, -0.2) is 35.5 Å². The van der Waals surface area contributed by atoms with Gasteiger partial charge in [-0.15, -0.1) is 0 Å². The molecule has 0 spiro atoms. The molecule has 0 atom stereocenters. The SMILES string of the molecule is Cc1[nH]c2ccccc2c(=O)c1OCC(=O)N1CCC(C)CC1. The van der Waals surface area contributed by atoms with E-state index in [2.05, 4.69) is 11.9 Å². The predicted octanol–water partition coefficient (Wildman–Crippen LogP) is 2.47. The second-order valence-electron chi connectivity index (χ2n) is 6.31. The molecule has 3 rings (SSSR count). The average molecular weight is 314 g/mol. The first-order valence-electron chi connectivity index (χ1n) is 8.08. The van der Waals surface area contributed by atoms with Crippen molar-refractivity contribution < 1.29 is 9.53 Å². The maximum Gasteiger partial charge on any atom is 0.260 e. The molecule has 1 aromatic heterocycles. The van der Waals surface area contributed by atoms with Crippen molar-refractivity contribution in [2.24, 2.45) is 5.92 Å². The Morgan fingerprint density at radius 2 is 2.00 bits per heavy atom. The Bertz CT molecular complexity index is 773. The van der Waals surface area contributed by atoms with Crippen LogP contribution in [0.3, 0.4) is 0 Å². The van der Waals surface area contributed by atoms with Crippen LogP contribution >= 0.6 is 0 Å². The number of para-hydroxylation sites is 1. The molecule has 1 N–H and O–H groups in total. The molecular weight excluding hydrogens is 292 g/mol. The maximum atomic E-state index is 12.5. The van der Waals surface area contributed by atoms with Gasteiger partial charge in [-0.05, 0) is 37.8 Å². The van der Waals surface area contributed by atoms with Gasteiger partial charge in [-0.25, -0.2) is 0 Å². The molecule has 1 saturated heterocycles. The minimum atomic E-state index is -0.170. The molecule has 0 radical (unpaired) electrons. The first-order valence-corrected chi connectivity index (χ1v) is 8.08. The highest BCUT2D eigenvalue weighted by molar-refractivity contribution is 5.81. The van der Waals surface area contributed by atoms with Gasteiger partial charge >= 0.3 is 0 Å². The number of aromatic nitrogens is 1. The minimum Gasteiger partial charge on any atom is -0.478 e. The fourth-order valence-corrected chi connectivity index (χ4v) is 3.00. The number of rotatable bonds is 3. The van der Waals surface area contributed by atoms with E-state index in [0.29, 0.717) is 17.0 Å². The number of hydrogen-bond acceptors (Lipinski definition) is 3. The summed E-state index contributed by atoms with van der Waals surface area (Å²) in [6.07, 6.45) is 2.06. The number of carbonyl (C=O) groups excluding carboxylic acids is 1. The van der Waals surface area contributed by atoms with E-state index >= 15 is 0 Å². The van der Waals surface area contributed by atoms with Crippen LogP contribution in [-0.2, 0) is 4.79 Å². The molecule has 122 valence electrons. The third-order valence-corrected chi connectivity index (χ3v) is 4.52. The second-order valence-corrected chi connectivity index (χ2v) is 6.31. The van der Waals surface area contributed by atoms with Crippen molar-refractivity contribution in [1.29, 1.82) is 0 Å². The number of ether oxygens (including phenoxy) is 1. The van der Waals surface area contributed by atoms with Crippen molar-refractivity contribution in [3.8, 4) is 5.75 Å². The number of pyridine rings is 1. The molecule has 5 nitrogen and oxygen atoms in total. The number of nitrogens with zero attached hydrogens (tertiary/aromatic N) is 1. The van der Waals surface area contributed by atoms with Gasteiger partial charge in [-0.1, -0.05) is 19.1 Å². The van der Waals surface area contributed by atoms with E-state index < -0.39 is 0 Å². The summed E-state index contributed by atoms with van der Waals surface area (Å²) in [6, 6.07) is 7.30. The van der Waals surface area contributed by atoms with Crippen LogP contribution in [0.2, 0.25) is 0 Å². The molecule has 1 aliphatic heterocycles. The molecule has 0 unspecified atom stereocenters. The minimum absolute atomic E-state index is 0.0520. The molecule has 23 heavy (non-hydrogen) atoms. The summed E-state index contributed by atoms with van der Waals surface area (Å²) in [4.78, 5) is 29.7. The highest BCUT2D eigenvalue weighted by Crippen LogP contribution is 2.18. The Labute approximate surface area is 135 Å². The molecule has 0 saturated carbocycles. The summed E-state index contributed by atoms with van der Waals surface area (Å²) in [5, 5.41) is 0.576. The monoisotopic (exact) mass is 314 g/mol. The number of nitrogens with one attached hydrogen (secondary N) is 1. The van der Waals surface area contributed by atoms with Crippen LogP contribution in [0.5, 0.6) is 5.75 Å². The number of piperidine rings is 1. The van der Waals surface area contributed by atoms with Gasteiger partial charge in [0.1, 0.15) is 0 Å². The lowest BCUT2D eigenvalue weighted by Gasteiger charge is -2.30. The summed E-state index contributed by atoms with van der Waals surface area (Å²) >= 11 is 0. The van der Waals surface area contributed by atoms with Crippen LogP contribution in [0.15, 0.2) is 29.1 Å². The molecular formula is C18H22N2O3. The summed E-state index contributed by atoms with van der Waals surface area (Å²) < 4.78 is 5.58. The summed E-state index contributed by atoms with van der Waals surface area (Å²) in [5.41, 5.74) is 1.25. The van der Waals surface area contributed by atoms with Crippen LogP contribution in [0.25, 0.3) is 10.9 Å². The first kappa shape index (κ1) is 15.6. The second kappa shape index (κ2) is 6.44. The molecule has 0 aliphatic carbocycles. The first-order chi connectivity index (χ1) is 11.1. The van der Waals surface area contributed by atoms with E-state index in [0.717, 1.165) is 31.4 Å². The summed E-state index contributed by atoms with van der Waals surface area (Å²) in [7, 11) is 0. The van der Waals surface area contributed by atoms with E-state index in [9.17, 15) is 9.59 Å². The van der Waals surface area contributed by atoms with Crippen molar-refractivity contribution in [1.82, 2.24) is 9.88 Å². The zero-order valence-corrected chi connectivity index (χ0v) is 13.6. The van der Waals surface area contributed by atoms with Gasteiger partial charge in [0.05, 0.1) is 5.69 Å². The van der Waals surface area contributed by atoms with Crippen molar-refractivity contribution in [2.45, 2.75) is 26.7 Å². The largest absolute Gasteiger partial charge is 0.478 e. The van der Waals surface area contributed by atoms with Gasteiger partial charge in [-0.2, -0.15) is 0 Å². The molecule has 2 aromatic rings. The van der Waals surface area contributed by atoms with Crippen molar-refractivity contribution in [2.75, 3.05) is 19.7 Å². The van der Waals surface area contributed by atoms with Crippen LogP contribution in [0, 0.1) is 12.8 Å².